The normalized spacial score (nSPS) is 10.8. The average Bonchev–Trinajstić information content (AvgIpc) is 3.19. The van der Waals surface area contributed by atoms with E-state index in [2.05, 4.69) is 14.6 Å². The lowest BCUT2D eigenvalue weighted by Gasteiger charge is -2.10. The van der Waals surface area contributed by atoms with Gasteiger partial charge in [-0.25, -0.2) is 14.2 Å². The van der Waals surface area contributed by atoms with Crippen molar-refractivity contribution in [3.63, 3.8) is 0 Å². The molecule has 0 saturated carbocycles. The molecule has 3 aromatic rings. The molecule has 0 spiro atoms. The lowest BCUT2D eigenvalue weighted by atomic mass is 10.3. The minimum absolute atomic E-state index is 0.0859. The molecule has 24 heavy (non-hydrogen) atoms. The molecule has 0 aliphatic carbocycles. The zero-order valence-electron chi connectivity index (χ0n) is 12.3. The summed E-state index contributed by atoms with van der Waals surface area (Å²) < 4.78 is 24.0. The Labute approximate surface area is 149 Å². The van der Waals surface area contributed by atoms with E-state index < -0.39 is 5.97 Å². The summed E-state index contributed by atoms with van der Waals surface area (Å²) in [5.74, 6) is -0.949. The lowest BCUT2D eigenvalue weighted by molar-refractivity contribution is 0.0457. The van der Waals surface area contributed by atoms with Crippen LogP contribution in [0.2, 0.25) is 4.34 Å². The van der Waals surface area contributed by atoms with E-state index in [1.807, 2.05) is 6.26 Å². The quantitative estimate of drug-likeness (QED) is 0.494. The Kier molecular flexibility index (Phi) is 5.12. The van der Waals surface area contributed by atoms with E-state index in [1.54, 1.807) is 16.7 Å². The van der Waals surface area contributed by atoms with Crippen LogP contribution < -0.4 is 0 Å². The van der Waals surface area contributed by atoms with Gasteiger partial charge in [0.15, 0.2) is 10.9 Å². The van der Waals surface area contributed by atoms with Gasteiger partial charge >= 0.3 is 5.97 Å². The van der Waals surface area contributed by atoms with Gasteiger partial charge in [-0.1, -0.05) is 27.9 Å². The highest BCUT2D eigenvalue weighted by Gasteiger charge is 2.20. The van der Waals surface area contributed by atoms with Crippen LogP contribution in [0.25, 0.3) is 5.69 Å². The van der Waals surface area contributed by atoms with Gasteiger partial charge in [0.25, 0.3) is 0 Å². The Hall–Kier alpha value is -1.97. The van der Waals surface area contributed by atoms with Crippen molar-refractivity contribution in [1.82, 2.24) is 19.1 Å². The number of ether oxygens (including phenoxy) is 1. The van der Waals surface area contributed by atoms with Crippen molar-refractivity contribution in [3.05, 3.63) is 52.0 Å². The first-order valence-corrected chi connectivity index (χ1v) is 8.99. The number of hydrogen-bond donors (Lipinski definition) is 0. The zero-order chi connectivity index (χ0) is 17.1. The Morgan fingerprint density at radius 3 is 2.79 bits per heavy atom. The van der Waals surface area contributed by atoms with Crippen molar-refractivity contribution >= 4 is 40.9 Å². The zero-order valence-corrected chi connectivity index (χ0v) is 14.7. The van der Waals surface area contributed by atoms with Crippen LogP contribution in [0.15, 0.2) is 35.6 Å². The maximum absolute atomic E-state index is 13.1. The molecular weight excluding hydrogens is 375 g/mol. The Morgan fingerprint density at radius 2 is 2.17 bits per heavy atom. The maximum Gasteiger partial charge on any atom is 0.357 e. The summed E-state index contributed by atoms with van der Waals surface area (Å²) in [5, 5.41) is 4.37. The van der Waals surface area contributed by atoms with Crippen LogP contribution in [0.4, 0.5) is 4.39 Å². The first-order chi connectivity index (χ1) is 11.6. The fourth-order valence-corrected chi connectivity index (χ4v) is 3.10. The van der Waals surface area contributed by atoms with Crippen LogP contribution >= 0.6 is 34.9 Å². The van der Waals surface area contributed by atoms with Crippen LogP contribution in [0, 0.1) is 5.82 Å². The predicted molar refractivity (Wildman–Crippen MR) is 89.3 cm³/mol. The highest BCUT2D eigenvalue weighted by atomic mass is 35.5. The standard InChI is InChI=1S/C14H10ClFN4O2S2/c1-23-14-17-6-11(20(14)9-4-2-8(16)3-5-9)13(21)22-7-10-12(15)24-19-18-10/h2-6H,7H2,1H3. The summed E-state index contributed by atoms with van der Waals surface area (Å²) in [7, 11) is 0. The van der Waals surface area contributed by atoms with Crippen molar-refractivity contribution in [2.75, 3.05) is 6.26 Å². The molecule has 0 unspecified atom stereocenters. The van der Waals surface area contributed by atoms with Gasteiger partial charge < -0.3 is 4.74 Å². The number of carbonyl (C=O) groups excluding carboxylic acids is 1. The third-order valence-corrected chi connectivity index (χ3v) is 4.69. The number of imidazole rings is 1. The van der Waals surface area contributed by atoms with Crippen molar-refractivity contribution in [3.8, 4) is 5.69 Å². The van der Waals surface area contributed by atoms with Gasteiger partial charge in [0, 0.05) is 17.2 Å². The Bertz CT molecular complexity index is 866. The Morgan fingerprint density at radius 1 is 1.42 bits per heavy atom. The summed E-state index contributed by atoms with van der Waals surface area (Å²) in [6.45, 7) is -0.0859. The number of rotatable bonds is 5. The number of thioether (sulfide) groups is 1. The summed E-state index contributed by atoms with van der Waals surface area (Å²) >= 11 is 8.26. The average molecular weight is 385 g/mol. The van der Waals surface area contributed by atoms with Gasteiger partial charge in [-0.2, -0.15) is 0 Å². The van der Waals surface area contributed by atoms with Crippen LogP contribution in [0.5, 0.6) is 0 Å². The number of hydrogen-bond acceptors (Lipinski definition) is 7. The first kappa shape index (κ1) is 16.9. The van der Waals surface area contributed by atoms with Crippen LogP contribution in [0.1, 0.15) is 16.2 Å². The first-order valence-electron chi connectivity index (χ1n) is 6.61. The molecular formula is C14H10ClFN4O2S2. The summed E-state index contributed by atoms with van der Waals surface area (Å²) in [6, 6.07) is 5.76. The van der Waals surface area contributed by atoms with E-state index in [0.717, 1.165) is 11.5 Å². The number of benzene rings is 1. The molecule has 0 fully saturated rings. The van der Waals surface area contributed by atoms with Crippen molar-refractivity contribution in [2.24, 2.45) is 0 Å². The molecule has 1 aromatic carbocycles. The van der Waals surface area contributed by atoms with E-state index in [0.29, 0.717) is 20.9 Å². The predicted octanol–water partition coefficient (Wildman–Crippen LogP) is 3.60. The number of halogens is 2. The van der Waals surface area contributed by atoms with Crippen LogP contribution in [0.3, 0.4) is 0 Å². The second kappa shape index (κ2) is 7.29. The second-order valence-corrected chi connectivity index (χ2v) is 6.64. The SMILES string of the molecule is CSc1ncc(C(=O)OCc2nnsc2Cl)n1-c1ccc(F)cc1. The van der Waals surface area contributed by atoms with Gasteiger partial charge in [-0.3, -0.25) is 4.57 Å². The lowest BCUT2D eigenvalue weighted by Crippen LogP contribution is -2.12. The van der Waals surface area contributed by atoms with Gasteiger partial charge in [-0.05, 0) is 30.5 Å². The molecule has 0 aliphatic heterocycles. The molecule has 0 N–H and O–H groups in total. The van der Waals surface area contributed by atoms with Gasteiger partial charge in [-0.15, -0.1) is 5.10 Å². The fourth-order valence-electron chi connectivity index (χ4n) is 1.95. The third kappa shape index (κ3) is 3.42. The fraction of sp³-hybridized carbons (Fsp3) is 0.143. The van der Waals surface area contributed by atoms with E-state index in [9.17, 15) is 9.18 Å². The summed E-state index contributed by atoms with van der Waals surface area (Å²) in [6.07, 6.45) is 3.25. The molecule has 0 bridgehead atoms. The topological polar surface area (TPSA) is 69.9 Å². The van der Waals surface area contributed by atoms with Gasteiger partial charge in [0.1, 0.15) is 22.5 Å². The molecule has 0 atom stereocenters. The Balaban J connectivity index is 1.87. The minimum atomic E-state index is -0.587. The maximum atomic E-state index is 13.1. The highest BCUT2D eigenvalue weighted by molar-refractivity contribution is 7.98. The molecule has 10 heteroatoms. The molecule has 3 rings (SSSR count). The summed E-state index contributed by atoms with van der Waals surface area (Å²) in [4.78, 5) is 16.6. The van der Waals surface area contributed by atoms with Crippen LogP contribution in [-0.4, -0.2) is 31.4 Å². The molecule has 2 heterocycles. The molecule has 124 valence electrons. The third-order valence-electron chi connectivity index (χ3n) is 3.06. The number of esters is 1. The molecule has 6 nitrogen and oxygen atoms in total. The molecule has 0 aliphatic rings. The van der Waals surface area contributed by atoms with E-state index in [1.165, 1.54) is 30.1 Å². The van der Waals surface area contributed by atoms with Crippen molar-refractivity contribution in [1.29, 1.82) is 0 Å². The van der Waals surface area contributed by atoms with Crippen LogP contribution in [-0.2, 0) is 11.3 Å². The van der Waals surface area contributed by atoms with Gasteiger partial charge in [0.2, 0.25) is 0 Å². The minimum Gasteiger partial charge on any atom is -0.454 e. The smallest absolute Gasteiger partial charge is 0.357 e. The molecule has 0 saturated heterocycles. The van der Waals surface area contributed by atoms with E-state index in [-0.39, 0.29) is 18.1 Å². The van der Waals surface area contributed by atoms with E-state index in [4.69, 9.17) is 16.3 Å². The highest BCUT2D eigenvalue weighted by Crippen LogP contribution is 2.23. The molecule has 0 amide bonds. The molecule has 2 aromatic heterocycles. The van der Waals surface area contributed by atoms with E-state index >= 15 is 0 Å². The number of carbonyl (C=O) groups is 1. The van der Waals surface area contributed by atoms with Crippen molar-refractivity contribution < 1.29 is 13.9 Å². The van der Waals surface area contributed by atoms with Crippen molar-refractivity contribution in [2.45, 2.75) is 11.8 Å². The largest absolute Gasteiger partial charge is 0.454 e. The molecule has 0 radical (unpaired) electrons. The number of aromatic nitrogens is 4. The monoisotopic (exact) mass is 384 g/mol. The summed E-state index contributed by atoms with van der Waals surface area (Å²) in [5.41, 5.74) is 1.23. The second-order valence-electron chi connectivity index (χ2n) is 4.51. The van der Waals surface area contributed by atoms with Gasteiger partial charge in [0.05, 0.1) is 6.20 Å². The number of nitrogens with zero attached hydrogens (tertiary/aromatic N) is 4.